The molecule has 0 saturated heterocycles. The van der Waals surface area contributed by atoms with Crippen LogP contribution in [-0.2, 0) is 11.0 Å². The first-order chi connectivity index (χ1) is 7.15. The second-order valence-corrected chi connectivity index (χ2v) is 12.7. The smallest absolute Gasteiger partial charge is 0.192 e. The molecule has 1 aromatic heterocycles. The second-order valence-electron chi connectivity index (χ2n) is 5.72. The van der Waals surface area contributed by atoms with Crippen LogP contribution in [0.4, 0.5) is 0 Å². The predicted octanol–water partition coefficient (Wildman–Crippen LogP) is 5.34. The lowest BCUT2D eigenvalue weighted by Gasteiger charge is -2.36. The Morgan fingerprint density at radius 2 is 1.94 bits per heavy atom. The Bertz CT molecular complexity index is 346. The van der Waals surface area contributed by atoms with Gasteiger partial charge in [-0.15, -0.1) is 11.3 Å². The SMILES string of the molecule is Cc1csc(Br)c1CO[Si](C)(C)C(C)(C)C. The van der Waals surface area contributed by atoms with E-state index in [2.05, 4.69) is 62.1 Å². The molecule has 0 aromatic carbocycles. The van der Waals surface area contributed by atoms with Gasteiger partial charge in [0.15, 0.2) is 8.32 Å². The van der Waals surface area contributed by atoms with Crippen molar-refractivity contribution in [1.29, 1.82) is 0 Å². The van der Waals surface area contributed by atoms with Crippen molar-refractivity contribution in [3.05, 3.63) is 20.3 Å². The van der Waals surface area contributed by atoms with Crippen LogP contribution in [-0.4, -0.2) is 8.32 Å². The highest BCUT2D eigenvalue weighted by Crippen LogP contribution is 2.38. The lowest BCUT2D eigenvalue weighted by molar-refractivity contribution is 0.275. The molecule has 0 unspecified atom stereocenters. The van der Waals surface area contributed by atoms with E-state index < -0.39 is 8.32 Å². The van der Waals surface area contributed by atoms with Crippen molar-refractivity contribution in [1.82, 2.24) is 0 Å². The minimum atomic E-state index is -1.62. The van der Waals surface area contributed by atoms with E-state index >= 15 is 0 Å². The molecule has 1 aromatic rings. The van der Waals surface area contributed by atoms with Crippen molar-refractivity contribution in [2.24, 2.45) is 0 Å². The Morgan fingerprint density at radius 3 is 2.31 bits per heavy atom. The second kappa shape index (κ2) is 4.92. The molecule has 0 saturated carbocycles. The first kappa shape index (κ1) is 14.4. The van der Waals surface area contributed by atoms with E-state index in [-0.39, 0.29) is 5.04 Å². The number of rotatable bonds is 3. The maximum atomic E-state index is 6.22. The van der Waals surface area contributed by atoms with Gasteiger partial charge in [0.2, 0.25) is 0 Å². The van der Waals surface area contributed by atoms with Crippen LogP contribution in [0.1, 0.15) is 31.9 Å². The summed E-state index contributed by atoms with van der Waals surface area (Å²) in [6.45, 7) is 14.3. The summed E-state index contributed by atoms with van der Waals surface area (Å²) in [6.07, 6.45) is 0. The number of aryl methyl sites for hydroxylation is 1. The van der Waals surface area contributed by atoms with E-state index in [4.69, 9.17) is 4.43 Å². The largest absolute Gasteiger partial charge is 0.412 e. The van der Waals surface area contributed by atoms with Gasteiger partial charge in [-0.25, -0.2) is 0 Å². The Morgan fingerprint density at radius 1 is 1.38 bits per heavy atom. The molecule has 0 spiro atoms. The molecule has 92 valence electrons. The molecule has 0 fully saturated rings. The lowest BCUT2D eigenvalue weighted by atomic mass is 10.2. The van der Waals surface area contributed by atoms with Crippen LogP contribution in [0.5, 0.6) is 0 Å². The minimum absolute atomic E-state index is 0.281. The number of hydrogen-bond donors (Lipinski definition) is 0. The van der Waals surface area contributed by atoms with Crippen LogP contribution in [0.15, 0.2) is 9.17 Å². The minimum Gasteiger partial charge on any atom is -0.412 e. The predicted molar refractivity (Wildman–Crippen MR) is 78.7 cm³/mol. The third-order valence-corrected chi connectivity index (χ3v) is 9.88. The number of halogens is 1. The molecular weight excluding hydrogens is 300 g/mol. The Balaban J connectivity index is 2.72. The van der Waals surface area contributed by atoms with Crippen molar-refractivity contribution < 1.29 is 4.43 Å². The molecule has 16 heavy (non-hydrogen) atoms. The quantitative estimate of drug-likeness (QED) is 0.683. The summed E-state index contributed by atoms with van der Waals surface area (Å²) in [5, 5.41) is 2.46. The molecule has 0 aliphatic heterocycles. The van der Waals surface area contributed by atoms with Crippen LogP contribution in [0.3, 0.4) is 0 Å². The standard InChI is InChI=1S/C12H21BrOSSi/c1-9-8-15-11(13)10(9)7-14-16(5,6)12(2,3)4/h8H,7H2,1-6H3. The summed E-state index contributed by atoms with van der Waals surface area (Å²) in [4.78, 5) is 0. The monoisotopic (exact) mass is 320 g/mol. The summed E-state index contributed by atoms with van der Waals surface area (Å²) in [5.41, 5.74) is 2.64. The van der Waals surface area contributed by atoms with Crippen LogP contribution >= 0.6 is 27.3 Å². The molecule has 4 heteroatoms. The van der Waals surface area contributed by atoms with Gasteiger partial charge in [-0.1, -0.05) is 20.8 Å². The first-order valence-electron chi connectivity index (χ1n) is 5.51. The molecule has 1 rings (SSSR count). The zero-order valence-corrected chi connectivity index (χ0v) is 14.4. The van der Waals surface area contributed by atoms with Gasteiger partial charge in [-0.2, -0.15) is 0 Å². The summed E-state index contributed by atoms with van der Waals surface area (Å²) >= 11 is 5.33. The lowest BCUT2D eigenvalue weighted by Crippen LogP contribution is -2.40. The van der Waals surface area contributed by atoms with Gasteiger partial charge in [-0.05, 0) is 51.9 Å². The summed E-state index contributed by atoms with van der Waals surface area (Å²) < 4.78 is 7.43. The Labute approximate surface area is 112 Å². The average Bonchev–Trinajstić information content (AvgIpc) is 2.42. The molecule has 0 N–H and O–H groups in total. The maximum absolute atomic E-state index is 6.22. The fourth-order valence-electron chi connectivity index (χ4n) is 1.08. The third kappa shape index (κ3) is 3.19. The van der Waals surface area contributed by atoms with Gasteiger partial charge < -0.3 is 4.43 Å². The van der Waals surface area contributed by atoms with Gasteiger partial charge in [0.05, 0.1) is 10.4 Å². The van der Waals surface area contributed by atoms with E-state index in [0.717, 1.165) is 6.61 Å². The highest BCUT2D eigenvalue weighted by Gasteiger charge is 2.37. The van der Waals surface area contributed by atoms with E-state index in [1.54, 1.807) is 11.3 Å². The van der Waals surface area contributed by atoms with Crippen molar-refractivity contribution in [3.63, 3.8) is 0 Å². The summed E-state index contributed by atoms with van der Waals surface area (Å²) in [6, 6.07) is 0. The fraction of sp³-hybridized carbons (Fsp3) is 0.667. The molecule has 0 amide bonds. The van der Waals surface area contributed by atoms with Gasteiger partial charge in [0.1, 0.15) is 0 Å². The highest BCUT2D eigenvalue weighted by atomic mass is 79.9. The normalized spacial score (nSPS) is 13.2. The Kier molecular flexibility index (Phi) is 4.44. The molecule has 0 aliphatic rings. The van der Waals surface area contributed by atoms with E-state index in [1.165, 1.54) is 14.9 Å². The van der Waals surface area contributed by atoms with Crippen molar-refractivity contribution >= 4 is 35.6 Å². The zero-order valence-electron chi connectivity index (χ0n) is 11.0. The van der Waals surface area contributed by atoms with Gasteiger partial charge in [0, 0.05) is 5.56 Å². The summed E-state index contributed by atoms with van der Waals surface area (Å²) in [5.74, 6) is 0. The molecule has 0 atom stereocenters. The first-order valence-corrected chi connectivity index (χ1v) is 10.1. The number of hydrogen-bond acceptors (Lipinski definition) is 2. The van der Waals surface area contributed by atoms with E-state index in [1.807, 2.05) is 0 Å². The molecule has 0 bridgehead atoms. The van der Waals surface area contributed by atoms with Crippen LogP contribution in [0.25, 0.3) is 0 Å². The number of thiophene rings is 1. The van der Waals surface area contributed by atoms with Crippen molar-refractivity contribution in [2.75, 3.05) is 0 Å². The molecule has 0 radical (unpaired) electrons. The molecule has 0 aliphatic carbocycles. The van der Waals surface area contributed by atoms with Crippen LogP contribution in [0, 0.1) is 6.92 Å². The fourth-order valence-corrected chi connectivity index (χ4v) is 3.51. The van der Waals surface area contributed by atoms with E-state index in [9.17, 15) is 0 Å². The van der Waals surface area contributed by atoms with Crippen LogP contribution in [0.2, 0.25) is 18.1 Å². The average molecular weight is 321 g/mol. The van der Waals surface area contributed by atoms with Crippen molar-refractivity contribution in [3.8, 4) is 0 Å². The topological polar surface area (TPSA) is 9.23 Å². The summed E-state index contributed by atoms with van der Waals surface area (Å²) in [7, 11) is -1.62. The third-order valence-electron chi connectivity index (χ3n) is 3.44. The van der Waals surface area contributed by atoms with Crippen molar-refractivity contribution in [2.45, 2.75) is 52.4 Å². The van der Waals surface area contributed by atoms with E-state index in [0.29, 0.717) is 0 Å². The molecule has 1 nitrogen and oxygen atoms in total. The van der Waals surface area contributed by atoms with Gasteiger partial charge >= 0.3 is 0 Å². The van der Waals surface area contributed by atoms with Gasteiger partial charge in [0.25, 0.3) is 0 Å². The maximum Gasteiger partial charge on any atom is 0.192 e. The van der Waals surface area contributed by atoms with Gasteiger partial charge in [-0.3, -0.25) is 0 Å². The van der Waals surface area contributed by atoms with Crippen LogP contribution < -0.4 is 0 Å². The molecule has 1 heterocycles. The zero-order chi connectivity index (χ0) is 12.6. The Hall–Kier alpha value is 0.357. The highest BCUT2D eigenvalue weighted by molar-refractivity contribution is 9.11. The molecular formula is C12H21BrOSSi.